The predicted octanol–water partition coefficient (Wildman–Crippen LogP) is 0.688. The van der Waals surface area contributed by atoms with Crippen LogP contribution < -0.4 is 0 Å². The summed E-state index contributed by atoms with van der Waals surface area (Å²) in [4.78, 5) is 12.6. The number of carboxylic acids is 1. The molecule has 0 fully saturated rings. The van der Waals surface area contributed by atoms with Gasteiger partial charge in [0.1, 0.15) is 0 Å². The Morgan fingerprint density at radius 2 is 2.42 bits per heavy atom. The van der Waals surface area contributed by atoms with Gasteiger partial charge in [-0.05, 0) is 5.53 Å². The van der Waals surface area contributed by atoms with Crippen LogP contribution in [0.1, 0.15) is 6.42 Å². The third kappa shape index (κ3) is 3.60. The van der Waals surface area contributed by atoms with Gasteiger partial charge in [-0.15, -0.1) is 6.58 Å². The van der Waals surface area contributed by atoms with Gasteiger partial charge >= 0.3 is 5.97 Å². The minimum Gasteiger partial charge on any atom is -0.481 e. The monoisotopic (exact) mass is 171 g/mol. The van der Waals surface area contributed by atoms with Crippen molar-refractivity contribution in [2.45, 2.75) is 12.0 Å². The van der Waals surface area contributed by atoms with Gasteiger partial charge in [-0.25, -0.2) is 0 Å². The van der Waals surface area contributed by atoms with Crippen molar-refractivity contribution in [1.82, 2.24) is 0 Å². The molecule has 1 unspecified atom stereocenters. The molecule has 12 heavy (non-hydrogen) atoms. The van der Waals surface area contributed by atoms with Crippen LogP contribution in [0, 0.1) is 0 Å². The number of aliphatic hydroxyl groups is 1. The van der Waals surface area contributed by atoms with Crippen molar-refractivity contribution in [2.24, 2.45) is 5.11 Å². The third-order valence-electron chi connectivity index (χ3n) is 1.25. The van der Waals surface area contributed by atoms with Gasteiger partial charge in [-0.1, -0.05) is 11.2 Å². The van der Waals surface area contributed by atoms with Gasteiger partial charge in [-0.3, -0.25) is 4.79 Å². The fraction of sp³-hybridized carbons (Fsp3) is 0.500. The SMILES string of the molecule is C=CC(O)(CN=[N+]=[N-])CC(=O)O. The number of aliphatic carboxylic acids is 1. The summed E-state index contributed by atoms with van der Waals surface area (Å²) in [5.74, 6) is -1.18. The van der Waals surface area contributed by atoms with Gasteiger partial charge < -0.3 is 10.2 Å². The average molecular weight is 171 g/mol. The van der Waals surface area contributed by atoms with Crippen LogP contribution in [0.2, 0.25) is 0 Å². The first-order valence-corrected chi connectivity index (χ1v) is 3.13. The van der Waals surface area contributed by atoms with Gasteiger partial charge in [0.15, 0.2) is 0 Å². The van der Waals surface area contributed by atoms with Crippen molar-refractivity contribution in [3.63, 3.8) is 0 Å². The highest BCUT2D eigenvalue weighted by Crippen LogP contribution is 2.11. The maximum atomic E-state index is 10.2. The Balaban J connectivity index is 4.32. The summed E-state index contributed by atoms with van der Waals surface area (Å²) in [6, 6.07) is 0. The molecule has 0 saturated carbocycles. The van der Waals surface area contributed by atoms with Crippen molar-refractivity contribution in [3.8, 4) is 0 Å². The van der Waals surface area contributed by atoms with E-state index in [0.717, 1.165) is 6.08 Å². The molecule has 0 rings (SSSR count). The summed E-state index contributed by atoms with van der Waals surface area (Å²) in [5.41, 5.74) is 6.28. The summed E-state index contributed by atoms with van der Waals surface area (Å²) in [5, 5.41) is 20.8. The van der Waals surface area contributed by atoms with Gasteiger partial charge in [0.05, 0.1) is 18.6 Å². The fourth-order valence-electron chi connectivity index (χ4n) is 0.609. The molecular weight excluding hydrogens is 162 g/mol. The Bertz CT molecular complexity index is 228. The van der Waals surface area contributed by atoms with Crippen LogP contribution in [0.15, 0.2) is 17.8 Å². The molecular formula is C6H9N3O3. The lowest BCUT2D eigenvalue weighted by Crippen LogP contribution is -2.32. The van der Waals surface area contributed by atoms with E-state index in [9.17, 15) is 9.90 Å². The highest BCUT2D eigenvalue weighted by atomic mass is 16.4. The van der Waals surface area contributed by atoms with E-state index in [0.29, 0.717) is 0 Å². The molecule has 0 heterocycles. The molecule has 2 N–H and O–H groups in total. The largest absolute Gasteiger partial charge is 0.481 e. The van der Waals surface area contributed by atoms with Crippen LogP contribution in [0.4, 0.5) is 0 Å². The van der Waals surface area contributed by atoms with Gasteiger partial charge in [0.25, 0.3) is 0 Å². The summed E-state index contributed by atoms with van der Waals surface area (Å²) < 4.78 is 0. The lowest BCUT2D eigenvalue weighted by atomic mass is 10.0. The number of rotatable bonds is 5. The second kappa shape index (κ2) is 4.38. The van der Waals surface area contributed by atoms with E-state index >= 15 is 0 Å². The Morgan fingerprint density at radius 3 is 2.75 bits per heavy atom. The van der Waals surface area contributed by atoms with Gasteiger partial charge in [0.2, 0.25) is 0 Å². The molecule has 0 aromatic heterocycles. The first-order chi connectivity index (χ1) is 5.54. The van der Waals surface area contributed by atoms with E-state index in [1.807, 2.05) is 0 Å². The third-order valence-corrected chi connectivity index (χ3v) is 1.25. The van der Waals surface area contributed by atoms with E-state index in [-0.39, 0.29) is 6.54 Å². The van der Waals surface area contributed by atoms with Crippen molar-refractivity contribution >= 4 is 5.97 Å². The minimum atomic E-state index is -1.64. The standard InChI is InChI=1S/C6H9N3O3/c1-2-6(12,3-5(10)11)4-8-9-7/h2,12H,1,3-4H2,(H,10,11). The smallest absolute Gasteiger partial charge is 0.306 e. The molecule has 0 saturated heterocycles. The van der Waals surface area contributed by atoms with Crippen LogP contribution in [0.25, 0.3) is 10.4 Å². The predicted molar refractivity (Wildman–Crippen MR) is 41.4 cm³/mol. The molecule has 0 bridgehead atoms. The molecule has 0 aromatic carbocycles. The van der Waals surface area contributed by atoms with Crippen molar-refractivity contribution < 1.29 is 15.0 Å². The maximum absolute atomic E-state index is 10.2. The van der Waals surface area contributed by atoms with E-state index in [1.54, 1.807) is 0 Å². The average Bonchev–Trinajstić information content (AvgIpc) is 2.00. The van der Waals surface area contributed by atoms with Crippen LogP contribution in [-0.4, -0.2) is 28.3 Å². The Labute approximate surface area is 68.8 Å². The number of nitrogens with zero attached hydrogens (tertiary/aromatic N) is 3. The zero-order valence-electron chi connectivity index (χ0n) is 6.34. The quantitative estimate of drug-likeness (QED) is 0.275. The Kier molecular flexibility index (Phi) is 3.82. The zero-order chi connectivity index (χ0) is 9.61. The lowest BCUT2D eigenvalue weighted by Gasteiger charge is -2.18. The molecule has 0 amide bonds. The minimum absolute atomic E-state index is 0.320. The topological polar surface area (TPSA) is 106 Å². The molecule has 6 heteroatoms. The number of hydrogen-bond donors (Lipinski definition) is 2. The Hall–Kier alpha value is -1.52. The van der Waals surface area contributed by atoms with Gasteiger partial charge in [-0.2, -0.15) is 0 Å². The number of hydrogen-bond acceptors (Lipinski definition) is 3. The van der Waals surface area contributed by atoms with Crippen molar-refractivity contribution in [2.75, 3.05) is 6.54 Å². The molecule has 1 atom stereocenters. The van der Waals surface area contributed by atoms with Crippen LogP contribution in [-0.2, 0) is 4.79 Å². The van der Waals surface area contributed by atoms with Crippen LogP contribution >= 0.6 is 0 Å². The highest BCUT2D eigenvalue weighted by molar-refractivity contribution is 5.68. The number of carboxylic acid groups (broad SMARTS) is 1. The van der Waals surface area contributed by atoms with E-state index in [4.69, 9.17) is 10.6 Å². The molecule has 66 valence electrons. The summed E-state index contributed by atoms with van der Waals surface area (Å²) >= 11 is 0. The Morgan fingerprint density at radius 1 is 1.83 bits per heavy atom. The van der Waals surface area contributed by atoms with Crippen molar-refractivity contribution in [3.05, 3.63) is 23.1 Å². The molecule has 0 aliphatic rings. The second-order valence-electron chi connectivity index (χ2n) is 2.27. The van der Waals surface area contributed by atoms with E-state index in [1.165, 1.54) is 0 Å². The summed E-state index contributed by atoms with van der Waals surface area (Å²) in [7, 11) is 0. The maximum Gasteiger partial charge on any atom is 0.306 e. The molecule has 0 aromatic rings. The number of azide groups is 1. The normalized spacial score (nSPS) is 14.1. The molecule has 6 nitrogen and oxygen atoms in total. The first kappa shape index (κ1) is 10.5. The molecule has 0 radical (unpaired) electrons. The van der Waals surface area contributed by atoms with E-state index in [2.05, 4.69) is 16.6 Å². The van der Waals surface area contributed by atoms with Crippen LogP contribution in [0.5, 0.6) is 0 Å². The first-order valence-electron chi connectivity index (χ1n) is 3.13. The molecule has 0 aliphatic carbocycles. The molecule has 0 aliphatic heterocycles. The van der Waals surface area contributed by atoms with Crippen molar-refractivity contribution in [1.29, 1.82) is 0 Å². The van der Waals surface area contributed by atoms with Crippen LogP contribution in [0.3, 0.4) is 0 Å². The van der Waals surface area contributed by atoms with Gasteiger partial charge in [0, 0.05) is 4.91 Å². The number of carbonyl (C=O) groups is 1. The zero-order valence-corrected chi connectivity index (χ0v) is 6.34. The van der Waals surface area contributed by atoms with E-state index < -0.39 is 18.0 Å². The summed E-state index contributed by atoms with van der Waals surface area (Å²) in [6.45, 7) is 2.92. The fourth-order valence-corrected chi connectivity index (χ4v) is 0.609. The second-order valence-corrected chi connectivity index (χ2v) is 2.27. The lowest BCUT2D eigenvalue weighted by molar-refractivity contribution is -0.140. The molecule has 0 spiro atoms. The highest BCUT2D eigenvalue weighted by Gasteiger charge is 2.25. The summed E-state index contributed by atoms with van der Waals surface area (Å²) in [6.07, 6.45) is 0.533.